The van der Waals surface area contributed by atoms with Crippen molar-refractivity contribution < 1.29 is 19.1 Å². The number of ether oxygens (including phenoxy) is 2. The van der Waals surface area contributed by atoms with Crippen LogP contribution >= 0.6 is 11.6 Å². The van der Waals surface area contributed by atoms with Crippen LogP contribution < -0.4 is 19.7 Å². The van der Waals surface area contributed by atoms with Crippen LogP contribution in [-0.4, -0.2) is 43.6 Å². The second-order valence-electron chi connectivity index (χ2n) is 7.10. The van der Waals surface area contributed by atoms with Gasteiger partial charge < -0.3 is 19.8 Å². The molecule has 2 N–H and O–H groups in total. The maximum Gasteiger partial charge on any atom is 0.251 e. The number of nitrogens with one attached hydrogen (secondary N) is 2. The number of halogens is 1. The van der Waals surface area contributed by atoms with Gasteiger partial charge in [-0.15, -0.1) is 0 Å². The van der Waals surface area contributed by atoms with Crippen LogP contribution in [0.1, 0.15) is 12.0 Å². The summed E-state index contributed by atoms with van der Waals surface area (Å²) in [4.78, 5) is 29.9. The number of H-pyrrole nitrogens is 1. The average Bonchev–Trinajstić information content (AvgIpc) is 3.27. The number of aromatic nitrogens is 1. The van der Waals surface area contributed by atoms with Crippen LogP contribution in [0.2, 0.25) is 5.02 Å². The molecule has 2 heterocycles. The van der Waals surface area contributed by atoms with Gasteiger partial charge in [0.25, 0.3) is 5.91 Å². The first-order valence-electron chi connectivity index (χ1n) is 9.59. The second kappa shape index (κ2) is 8.38. The Hall–Kier alpha value is -3.03. The topological polar surface area (TPSA) is 83.7 Å². The SMILES string of the molecule is COc1cc(OC)cc(N2C(=O)CC(NCCc3c[nH]c4ccc(Cl)cc34)C2=O)c1. The highest BCUT2D eigenvalue weighted by atomic mass is 35.5. The van der Waals surface area contributed by atoms with Crippen molar-refractivity contribution in [3.8, 4) is 11.5 Å². The zero-order chi connectivity index (χ0) is 21.3. The van der Waals surface area contributed by atoms with Crippen molar-refractivity contribution in [1.82, 2.24) is 10.3 Å². The summed E-state index contributed by atoms with van der Waals surface area (Å²) < 4.78 is 10.5. The molecule has 2 amide bonds. The van der Waals surface area contributed by atoms with E-state index in [0.29, 0.717) is 35.2 Å². The van der Waals surface area contributed by atoms with E-state index in [2.05, 4.69) is 10.3 Å². The van der Waals surface area contributed by atoms with E-state index in [1.807, 2.05) is 24.4 Å². The fraction of sp³-hybridized carbons (Fsp3) is 0.273. The summed E-state index contributed by atoms with van der Waals surface area (Å²) in [5.41, 5.74) is 2.56. The molecule has 3 aromatic rings. The number of aromatic amines is 1. The summed E-state index contributed by atoms with van der Waals surface area (Å²) in [5.74, 6) is 0.489. The Morgan fingerprint density at radius 2 is 1.87 bits per heavy atom. The monoisotopic (exact) mass is 427 g/mol. The molecule has 1 atom stereocenters. The van der Waals surface area contributed by atoms with Crippen LogP contribution in [0.3, 0.4) is 0 Å². The predicted octanol–water partition coefficient (Wildman–Crippen LogP) is 3.30. The van der Waals surface area contributed by atoms with Crippen LogP contribution in [0.15, 0.2) is 42.6 Å². The maximum atomic E-state index is 12.9. The van der Waals surface area contributed by atoms with Gasteiger partial charge in [-0.3, -0.25) is 9.59 Å². The van der Waals surface area contributed by atoms with E-state index >= 15 is 0 Å². The molecule has 8 heteroatoms. The summed E-state index contributed by atoms with van der Waals surface area (Å²) in [6.07, 6.45) is 2.75. The summed E-state index contributed by atoms with van der Waals surface area (Å²) in [6, 6.07) is 10.1. The van der Waals surface area contributed by atoms with Gasteiger partial charge in [0.15, 0.2) is 0 Å². The summed E-state index contributed by atoms with van der Waals surface area (Å²) in [6.45, 7) is 0.554. The number of nitrogens with zero attached hydrogens (tertiary/aromatic N) is 1. The lowest BCUT2D eigenvalue weighted by molar-refractivity contribution is -0.121. The van der Waals surface area contributed by atoms with Gasteiger partial charge in [0.1, 0.15) is 11.5 Å². The van der Waals surface area contributed by atoms with Gasteiger partial charge in [0.05, 0.1) is 32.4 Å². The second-order valence-corrected chi connectivity index (χ2v) is 7.54. The summed E-state index contributed by atoms with van der Waals surface area (Å²) in [7, 11) is 3.04. The van der Waals surface area contributed by atoms with Crippen LogP contribution in [0.5, 0.6) is 11.5 Å². The number of rotatable bonds is 7. The Morgan fingerprint density at radius 1 is 1.13 bits per heavy atom. The molecule has 0 saturated carbocycles. The predicted molar refractivity (Wildman–Crippen MR) is 115 cm³/mol. The van der Waals surface area contributed by atoms with Gasteiger partial charge in [-0.1, -0.05) is 11.6 Å². The van der Waals surface area contributed by atoms with E-state index in [1.54, 1.807) is 18.2 Å². The minimum Gasteiger partial charge on any atom is -0.497 e. The first-order chi connectivity index (χ1) is 14.5. The van der Waals surface area contributed by atoms with Crippen molar-refractivity contribution in [2.45, 2.75) is 18.9 Å². The smallest absolute Gasteiger partial charge is 0.251 e. The van der Waals surface area contributed by atoms with Crippen LogP contribution in [0.4, 0.5) is 5.69 Å². The zero-order valence-electron chi connectivity index (χ0n) is 16.7. The third-order valence-electron chi connectivity index (χ3n) is 5.26. The van der Waals surface area contributed by atoms with Crippen molar-refractivity contribution in [2.75, 3.05) is 25.7 Å². The van der Waals surface area contributed by atoms with E-state index in [9.17, 15) is 9.59 Å². The van der Waals surface area contributed by atoms with Crippen molar-refractivity contribution in [3.63, 3.8) is 0 Å². The van der Waals surface area contributed by atoms with Crippen molar-refractivity contribution in [2.24, 2.45) is 0 Å². The molecule has 7 nitrogen and oxygen atoms in total. The normalized spacial score (nSPS) is 16.5. The number of fused-ring (bicyclic) bond motifs is 1. The molecule has 156 valence electrons. The van der Waals surface area contributed by atoms with Gasteiger partial charge >= 0.3 is 0 Å². The molecular formula is C22H22ClN3O4. The Bertz CT molecular complexity index is 1090. The molecule has 1 saturated heterocycles. The minimum absolute atomic E-state index is 0.109. The minimum atomic E-state index is -0.566. The third-order valence-corrected chi connectivity index (χ3v) is 5.49. The number of carbonyl (C=O) groups is 2. The standard InChI is InChI=1S/C22H22ClN3O4/c1-29-16-8-15(9-17(10-16)30-2)26-21(27)11-20(22(26)28)24-6-5-13-12-25-19-4-3-14(23)7-18(13)19/h3-4,7-10,12,20,24-25H,5-6,11H2,1-2H3. The number of carbonyl (C=O) groups excluding carboxylic acids is 2. The van der Waals surface area contributed by atoms with E-state index in [0.717, 1.165) is 16.5 Å². The van der Waals surface area contributed by atoms with Crippen LogP contribution in [0, 0.1) is 0 Å². The molecule has 0 radical (unpaired) electrons. The van der Waals surface area contributed by atoms with Gasteiger partial charge in [0, 0.05) is 46.9 Å². The lowest BCUT2D eigenvalue weighted by atomic mass is 10.1. The third kappa shape index (κ3) is 3.86. The Kier molecular flexibility index (Phi) is 5.65. The zero-order valence-corrected chi connectivity index (χ0v) is 17.5. The number of amides is 2. The highest BCUT2D eigenvalue weighted by Gasteiger charge is 2.39. The first kappa shape index (κ1) is 20.3. The number of anilines is 1. The van der Waals surface area contributed by atoms with Crippen molar-refractivity contribution >= 4 is 40.0 Å². The number of hydrogen-bond acceptors (Lipinski definition) is 5. The maximum absolute atomic E-state index is 12.9. The molecule has 30 heavy (non-hydrogen) atoms. The molecular weight excluding hydrogens is 406 g/mol. The number of benzene rings is 2. The van der Waals surface area contributed by atoms with E-state index in [4.69, 9.17) is 21.1 Å². The van der Waals surface area contributed by atoms with E-state index in [-0.39, 0.29) is 18.2 Å². The Morgan fingerprint density at radius 3 is 2.57 bits per heavy atom. The molecule has 0 aliphatic carbocycles. The van der Waals surface area contributed by atoms with E-state index < -0.39 is 6.04 Å². The molecule has 1 aliphatic heterocycles. The molecule has 0 bridgehead atoms. The number of hydrogen-bond donors (Lipinski definition) is 2. The average molecular weight is 428 g/mol. The first-order valence-corrected chi connectivity index (χ1v) is 9.96. The Labute approximate surface area is 178 Å². The molecule has 1 unspecified atom stereocenters. The fourth-order valence-corrected chi connectivity index (χ4v) is 3.89. The van der Waals surface area contributed by atoms with Crippen molar-refractivity contribution in [1.29, 1.82) is 0 Å². The lowest BCUT2D eigenvalue weighted by Crippen LogP contribution is -2.39. The molecule has 1 fully saturated rings. The molecule has 4 rings (SSSR count). The van der Waals surface area contributed by atoms with Gasteiger partial charge in [0.2, 0.25) is 5.91 Å². The molecule has 1 aromatic heterocycles. The van der Waals surface area contributed by atoms with Gasteiger partial charge in [-0.05, 0) is 30.2 Å². The summed E-state index contributed by atoms with van der Waals surface area (Å²) >= 11 is 6.10. The van der Waals surface area contributed by atoms with Gasteiger partial charge in [-0.2, -0.15) is 0 Å². The lowest BCUT2D eigenvalue weighted by Gasteiger charge is -2.17. The fourth-order valence-electron chi connectivity index (χ4n) is 3.72. The highest BCUT2D eigenvalue weighted by Crippen LogP contribution is 2.31. The highest BCUT2D eigenvalue weighted by molar-refractivity contribution is 6.31. The Balaban J connectivity index is 1.45. The molecule has 1 aliphatic rings. The number of imide groups is 1. The molecule has 2 aromatic carbocycles. The van der Waals surface area contributed by atoms with Crippen molar-refractivity contribution in [3.05, 3.63) is 53.2 Å². The summed E-state index contributed by atoms with van der Waals surface area (Å²) in [5, 5.41) is 4.95. The quantitative estimate of drug-likeness (QED) is 0.565. The largest absolute Gasteiger partial charge is 0.497 e. The van der Waals surface area contributed by atoms with Crippen LogP contribution in [-0.2, 0) is 16.0 Å². The molecule has 0 spiro atoms. The number of methoxy groups -OCH3 is 2. The van der Waals surface area contributed by atoms with Crippen LogP contribution in [0.25, 0.3) is 10.9 Å². The van der Waals surface area contributed by atoms with Gasteiger partial charge in [-0.25, -0.2) is 4.90 Å². The van der Waals surface area contributed by atoms with E-state index in [1.165, 1.54) is 19.1 Å².